The van der Waals surface area contributed by atoms with Gasteiger partial charge in [-0.15, -0.1) is 0 Å². The summed E-state index contributed by atoms with van der Waals surface area (Å²) >= 11 is 0. The normalized spacial score (nSPS) is 12.6. The molecule has 7 heteroatoms. The van der Waals surface area contributed by atoms with Gasteiger partial charge in [0.1, 0.15) is 12.4 Å². The van der Waals surface area contributed by atoms with Crippen LogP contribution in [-0.2, 0) is 11.0 Å². The molecule has 0 saturated carbocycles. The van der Waals surface area contributed by atoms with Crippen molar-refractivity contribution in [2.75, 3.05) is 27.2 Å². The number of carboxylic acids is 1. The summed E-state index contributed by atoms with van der Waals surface area (Å²) in [5, 5.41) is 8.79. The van der Waals surface area contributed by atoms with Crippen LogP contribution in [-0.4, -0.2) is 43.2 Å². The molecule has 0 amide bonds. The standard InChI is InChI=1S/C22H22F3NO3/c1-26(2)14-15-29-19-12-8-17(9-13-19)20(4-3-5-21(27)28)16-6-10-18(11-7-16)22(23,24)25/h3-13H,14-15H2,1-2H3,(H,27,28). The topological polar surface area (TPSA) is 49.8 Å². The Bertz CT molecular complexity index is 868. The van der Waals surface area contributed by atoms with Gasteiger partial charge in [0, 0.05) is 12.6 Å². The lowest BCUT2D eigenvalue weighted by Gasteiger charge is -2.13. The highest BCUT2D eigenvalue weighted by Gasteiger charge is 2.30. The van der Waals surface area contributed by atoms with E-state index in [2.05, 4.69) is 0 Å². The third-order valence-corrected chi connectivity index (χ3v) is 4.00. The summed E-state index contributed by atoms with van der Waals surface area (Å²) in [5.41, 5.74) is 1.11. The van der Waals surface area contributed by atoms with Crippen molar-refractivity contribution in [2.24, 2.45) is 0 Å². The summed E-state index contributed by atoms with van der Waals surface area (Å²) < 4.78 is 44.1. The van der Waals surface area contributed by atoms with Crippen LogP contribution in [0.15, 0.2) is 66.8 Å². The summed E-state index contributed by atoms with van der Waals surface area (Å²) in [7, 11) is 3.89. The number of halogens is 3. The smallest absolute Gasteiger partial charge is 0.416 e. The van der Waals surface area contributed by atoms with E-state index in [0.717, 1.165) is 30.3 Å². The zero-order chi connectivity index (χ0) is 21.4. The van der Waals surface area contributed by atoms with E-state index in [1.807, 2.05) is 19.0 Å². The number of alkyl halides is 3. The summed E-state index contributed by atoms with van der Waals surface area (Å²) in [6.45, 7) is 1.29. The first-order chi connectivity index (χ1) is 13.7. The van der Waals surface area contributed by atoms with Crippen molar-refractivity contribution in [2.45, 2.75) is 6.18 Å². The molecule has 4 nitrogen and oxygen atoms in total. The fraction of sp³-hybridized carbons (Fsp3) is 0.227. The zero-order valence-electron chi connectivity index (χ0n) is 16.1. The third-order valence-electron chi connectivity index (χ3n) is 4.00. The van der Waals surface area contributed by atoms with Crippen LogP contribution in [0.2, 0.25) is 0 Å². The van der Waals surface area contributed by atoms with Crippen LogP contribution >= 0.6 is 0 Å². The largest absolute Gasteiger partial charge is 0.492 e. The second-order valence-electron chi connectivity index (χ2n) is 6.53. The second-order valence-corrected chi connectivity index (χ2v) is 6.53. The molecule has 1 N–H and O–H groups in total. The first-order valence-electron chi connectivity index (χ1n) is 8.83. The van der Waals surface area contributed by atoms with Crippen molar-refractivity contribution in [3.05, 3.63) is 83.4 Å². The molecule has 0 atom stereocenters. The lowest BCUT2D eigenvalue weighted by atomic mass is 9.96. The molecular weight excluding hydrogens is 383 g/mol. The Hall–Kier alpha value is -3.06. The van der Waals surface area contributed by atoms with Crippen molar-refractivity contribution in [3.8, 4) is 5.75 Å². The van der Waals surface area contributed by atoms with Gasteiger partial charge in [0.2, 0.25) is 0 Å². The van der Waals surface area contributed by atoms with Gasteiger partial charge in [-0.25, -0.2) is 4.79 Å². The second kappa shape index (κ2) is 9.93. The lowest BCUT2D eigenvalue weighted by Crippen LogP contribution is -2.19. The molecule has 0 aliphatic rings. The average Bonchev–Trinajstić information content (AvgIpc) is 2.65. The molecule has 2 aromatic carbocycles. The van der Waals surface area contributed by atoms with Gasteiger partial charge in [-0.05, 0) is 55.1 Å². The molecule has 0 heterocycles. The predicted octanol–water partition coefficient (Wildman–Crippen LogP) is 4.72. The van der Waals surface area contributed by atoms with Crippen LogP contribution in [0.3, 0.4) is 0 Å². The number of benzene rings is 2. The number of nitrogens with zero attached hydrogens (tertiary/aromatic N) is 1. The quantitative estimate of drug-likeness (QED) is 0.510. The lowest BCUT2D eigenvalue weighted by molar-refractivity contribution is -0.137. The average molecular weight is 405 g/mol. The van der Waals surface area contributed by atoms with Crippen molar-refractivity contribution in [1.29, 1.82) is 0 Å². The number of rotatable bonds is 8. The maximum absolute atomic E-state index is 12.8. The highest BCUT2D eigenvalue weighted by molar-refractivity contribution is 5.84. The molecule has 2 rings (SSSR count). The Labute approximate surface area is 167 Å². The van der Waals surface area contributed by atoms with Gasteiger partial charge in [-0.2, -0.15) is 13.2 Å². The van der Waals surface area contributed by atoms with E-state index >= 15 is 0 Å². The Balaban J connectivity index is 2.30. The summed E-state index contributed by atoms with van der Waals surface area (Å²) in [4.78, 5) is 12.7. The number of hydrogen-bond donors (Lipinski definition) is 1. The van der Waals surface area contributed by atoms with Gasteiger partial charge >= 0.3 is 12.1 Å². The van der Waals surface area contributed by atoms with Gasteiger partial charge in [-0.1, -0.05) is 36.4 Å². The maximum atomic E-state index is 12.8. The number of hydrogen-bond acceptors (Lipinski definition) is 3. The molecule has 0 fully saturated rings. The van der Waals surface area contributed by atoms with E-state index in [1.165, 1.54) is 18.2 Å². The molecule has 154 valence electrons. The molecule has 0 bridgehead atoms. The van der Waals surface area contributed by atoms with E-state index in [-0.39, 0.29) is 0 Å². The monoisotopic (exact) mass is 405 g/mol. The van der Waals surface area contributed by atoms with Crippen LogP contribution < -0.4 is 4.74 Å². The van der Waals surface area contributed by atoms with Gasteiger partial charge in [0.25, 0.3) is 0 Å². The van der Waals surface area contributed by atoms with Gasteiger partial charge in [0.05, 0.1) is 5.56 Å². The molecule has 0 aromatic heterocycles. The SMILES string of the molecule is CN(C)CCOc1ccc(C(=CC=CC(=O)O)c2ccc(C(F)(F)F)cc2)cc1. The molecule has 0 unspecified atom stereocenters. The molecule has 0 radical (unpaired) electrons. The van der Waals surface area contributed by atoms with Crippen molar-refractivity contribution in [3.63, 3.8) is 0 Å². The van der Waals surface area contributed by atoms with Gasteiger partial charge in [0.15, 0.2) is 0 Å². The van der Waals surface area contributed by atoms with E-state index in [1.54, 1.807) is 30.3 Å². The van der Waals surface area contributed by atoms with Gasteiger partial charge in [-0.3, -0.25) is 0 Å². The fourth-order valence-electron chi connectivity index (χ4n) is 2.50. The maximum Gasteiger partial charge on any atom is 0.416 e. The van der Waals surface area contributed by atoms with E-state index in [9.17, 15) is 18.0 Å². The number of carboxylic acid groups (broad SMARTS) is 1. The van der Waals surface area contributed by atoms with Gasteiger partial charge < -0.3 is 14.7 Å². The van der Waals surface area contributed by atoms with Crippen molar-refractivity contribution in [1.82, 2.24) is 4.90 Å². The van der Waals surface area contributed by atoms with Crippen LogP contribution in [0, 0.1) is 0 Å². The first kappa shape index (κ1) is 22.2. The summed E-state index contributed by atoms with van der Waals surface area (Å²) in [5.74, 6) is -0.443. The Morgan fingerprint density at radius 3 is 2.07 bits per heavy atom. The number of likely N-dealkylation sites (N-methyl/N-ethyl adjacent to an activating group) is 1. The number of carbonyl (C=O) groups is 1. The minimum absolute atomic E-state index is 0.523. The van der Waals surface area contributed by atoms with E-state index < -0.39 is 17.7 Å². The molecule has 0 spiro atoms. The Morgan fingerprint density at radius 1 is 1.03 bits per heavy atom. The minimum atomic E-state index is -4.42. The molecule has 0 aliphatic carbocycles. The zero-order valence-corrected chi connectivity index (χ0v) is 16.1. The van der Waals surface area contributed by atoms with Crippen LogP contribution in [0.1, 0.15) is 16.7 Å². The summed E-state index contributed by atoms with van der Waals surface area (Å²) in [6, 6.07) is 11.8. The molecule has 0 aliphatic heterocycles. The molecular formula is C22H22F3NO3. The number of allylic oxidation sites excluding steroid dienone is 2. The fourth-order valence-corrected chi connectivity index (χ4v) is 2.50. The molecule has 2 aromatic rings. The summed E-state index contributed by atoms with van der Waals surface area (Å²) in [6.07, 6.45) is -0.560. The Kier molecular flexibility index (Phi) is 7.61. The molecule has 0 saturated heterocycles. The minimum Gasteiger partial charge on any atom is -0.492 e. The first-order valence-corrected chi connectivity index (χ1v) is 8.83. The van der Waals surface area contributed by atoms with Crippen LogP contribution in [0.4, 0.5) is 13.2 Å². The number of aliphatic carboxylic acids is 1. The number of ether oxygens (including phenoxy) is 1. The molecule has 29 heavy (non-hydrogen) atoms. The predicted molar refractivity (Wildman–Crippen MR) is 106 cm³/mol. The highest BCUT2D eigenvalue weighted by Crippen LogP contribution is 2.32. The third kappa shape index (κ3) is 7.12. The highest BCUT2D eigenvalue weighted by atomic mass is 19.4. The van der Waals surface area contributed by atoms with Crippen molar-refractivity contribution >= 4 is 11.5 Å². The Morgan fingerprint density at radius 2 is 1.59 bits per heavy atom. The van der Waals surface area contributed by atoms with Crippen LogP contribution in [0.25, 0.3) is 5.57 Å². The van der Waals surface area contributed by atoms with Crippen LogP contribution in [0.5, 0.6) is 5.75 Å². The van der Waals surface area contributed by atoms with E-state index in [4.69, 9.17) is 9.84 Å². The van der Waals surface area contributed by atoms with Crippen molar-refractivity contribution < 1.29 is 27.8 Å². The van der Waals surface area contributed by atoms with E-state index in [0.29, 0.717) is 23.5 Å².